The van der Waals surface area contributed by atoms with Gasteiger partial charge in [0, 0.05) is 19.3 Å². The molecule has 0 fully saturated rings. The van der Waals surface area contributed by atoms with Gasteiger partial charge in [0.25, 0.3) is 0 Å². The zero-order chi connectivity index (χ0) is 15.2. The monoisotopic (exact) mass is 300 g/mol. The van der Waals surface area contributed by atoms with E-state index in [1.165, 1.54) is 0 Å². The van der Waals surface area contributed by atoms with Gasteiger partial charge in [0.05, 0.1) is 11.5 Å². The molecule has 0 radical (unpaired) electrons. The molecule has 0 saturated heterocycles. The van der Waals surface area contributed by atoms with E-state index < -0.39 is 33.5 Å². The first-order valence-corrected chi connectivity index (χ1v) is 7.71. The molecule has 0 aliphatic rings. The molecule has 1 heterocycles. The first-order chi connectivity index (χ1) is 9.30. The van der Waals surface area contributed by atoms with Crippen LogP contribution in [0.15, 0.2) is 24.5 Å². The van der Waals surface area contributed by atoms with Crippen molar-refractivity contribution < 1.29 is 23.1 Å². The molecule has 2 N–H and O–H groups in total. The minimum absolute atomic E-state index is 0.192. The first kappa shape index (κ1) is 16.1. The van der Waals surface area contributed by atoms with Gasteiger partial charge in [0.2, 0.25) is 5.91 Å². The number of nitrogens with one attached hydrogen (secondary N) is 1. The van der Waals surface area contributed by atoms with E-state index in [1.807, 2.05) is 0 Å². The number of hydrogen-bond acceptors (Lipinski definition) is 5. The van der Waals surface area contributed by atoms with Crippen LogP contribution in [0.4, 0.5) is 0 Å². The summed E-state index contributed by atoms with van der Waals surface area (Å²) in [6.07, 6.45) is 3.38. The van der Waals surface area contributed by atoms with Gasteiger partial charge in [-0.05, 0) is 18.1 Å². The van der Waals surface area contributed by atoms with Gasteiger partial charge >= 0.3 is 5.97 Å². The number of hydrogen-bond donors (Lipinski definition) is 2. The Morgan fingerprint density at radius 2 is 2.15 bits per heavy atom. The molecular formula is C12H16N2O5S. The van der Waals surface area contributed by atoms with Gasteiger partial charge < -0.3 is 10.4 Å². The van der Waals surface area contributed by atoms with Gasteiger partial charge in [-0.25, -0.2) is 13.2 Å². The van der Waals surface area contributed by atoms with Crippen molar-refractivity contribution >= 4 is 21.7 Å². The smallest absolute Gasteiger partial charge is 0.327 e. The lowest BCUT2D eigenvalue weighted by Crippen LogP contribution is -2.45. The summed E-state index contributed by atoms with van der Waals surface area (Å²) in [4.78, 5) is 25.6. The number of nitrogens with zero attached hydrogens (tertiary/aromatic N) is 1. The summed E-state index contributed by atoms with van der Waals surface area (Å²) >= 11 is 0. The van der Waals surface area contributed by atoms with Crippen LogP contribution >= 0.6 is 0 Å². The summed E-state index contributed by atoms with van der Waals surface area (Å²) < 4.78 is 23.7. The van der Waals surface area contributed by atoms with E-state index in [9.17, 15) is 18.0 Å². The number of carboxylic acid groups (broad SMARTS) is 1. The van der Waals surface area contributed by atoms with Crippen LogP contribution in [0, 0.1) is 0 Å². The molecule has 0 aliphatic carbocycles. The van der Waals surface area contributed by atoms with Crippen LogP contribution in [0.5, 0.6) is 0 Å². The lowest BCUT2D eigenvalue weighted by atomic mass is 10.2. The Labute approximate surface area is 116 Å². The minimum atomic E-state index is -3.59. The highest BCUT2D eigenvalue weighted by Crippen LogP contribution is 2.03. The molecule has 1 atom stereocenters. The Balaban J connectivity index is 2.63. The predicted octanol–water partition coefficient (Wildman–Crippen LogP) is -0.372. The molecule has 0 spiro atoms. The fourth-order valence-corrected chi connectivity index (χ4v) is 3.02. The molecule has 1 aromatic rings. The van der Waals surface area contributed by atoms with E-state index in [0.717, 1.165) is 12.5 Å². The maximum absolute atomic E-state index is 11.9. The lowest BCUT2D eigenvalue weighted by molar-refractivity contribution is -0.140. The van der Waals surface area contributed by atoms with E-state index in [0.29, 0.717) is 0 Å². The lowest BCUT2D eigenvalue weighted by Gasteiger charge is -2.13. The number of aryl methyl sites for hydroxylation is 1. The van der Waals surface area contributed by atoms with E-state index in [4.69, 9.17) is 5.11 Å². The average Bonchev–Trinajstić information content (AvgIpc) is 2.36. The van der Waals surface area contributed by atoms with E-state index >= 15 is 0 Å². The number of carbonyl (C=O) groups excluding carboxylic acids is 1. The second-order valence-electron chi connectivity index (χ2n) is 4.32. The number of pyridine rings is 1. The number of aromatic nitrogens is 1. The third-order valence-corrected chi connectivity index (χ3v) is 4.19. The topological polar surface area (TPSA) is 113 Å². The highest BCUT2D eigenvalue weighted by Gasteiger charge is 2.25. The number of sulfone groups is 1. The number of amides is 1. The van der Waals surface area contributed by atoms with Crippen molar-refractivity contribution in [3.05, 3.63) is 30.1 Å². The molecular weight excluding hydrogens is 284 g/mol. The molecule has 0 bridgehead atoms. The summed E-state index contributed by atoms with van der Waals surface area (Å²) in [5.74, 6) is -2.77. The third-order valence-electron chi connectivity index (χ3n) is 2.52. The molecule has 1 amide bonds. The highest BCUT2D eigenvalue weighted by atomic mass is 32.2. The molecule has 0 aliphatic heterocycles. The Bertz CT molecular complexity index is 571. The summed E-state index contributed by atoms with van der Waals surface area (Å²) in [6.45, 7) is 1.14. The van der Waals surface area contributed by atoms with Crippen molar-refractivity contribution in [1.29, 1.82) is 0 Å². The zero-order valence-corrected chi connectivity index (χ0v) is 11.8. The molecule has 7 nitrogen and oxygen atoms in total. The van der Waals surface area contributed by atoms with E-state index in [-0.39, 0.29) is 12.2 Å². The van der Waals surface area contributed by atoms with Crippen LogP contribution in [-0.4, -0.2) is 47.9 Å². The van der Waals surface area contributed by atoms with Gasteiger partial charge in [0.1, 0.15) is 6.04 Å². The zero-order valence-electron chi connectivity index (χ0n) is 10.9. The first-order valence-electron chi connectivity index (χ1n) is 5.89. The molecule has 8 heteroatoms. The number of rotatable bonds is 7. The van der Waals surface area contributed by atoms with Crippen LogP contribution in [0.3, 0.4) is 0 Å². The van der Waals surface area contributed by atoms with E-state index in [1.54, 1.807) is 24.5 Å². The van der Waals surface area contributed by atoms with Gasteiger partial charge in [0.15, 0.2) is 9.84 Å². The summed E-state index contributed by atoms with van der Waals surface area (Å²) in [6, 6.07) is 2.01. The predicted molar refractivity (Wildman–Crippen MR) is 71.8 cm³/mol. The van der Waals surface area contributed by atoms with Gasteiger partial charge in [-0.2, -0.15) is 0 Å². The third kappa shape index (κ3) is 5.79. The van der Waals surface area contributed by atoms with Crippen molar-refractivity contribution in [2.24, 2.45) is 0 Å². The van der Waals surface area contributed by atoms with Crippen molar-refractivity contribution in [3.63, 3.8) is 0 Å². The SMILES string of the molecule is CC(=O)NC(CS(=O)(=O)CCc1cccnc1)C(=O)O. The quantitative estimate of drug-likeness (QED) is 0.710. The molecule has 110 valence electrons. The fraction of sp³-hybridized carbons (Fsp3) is 0.417. The van der Waals surface area contributed by atoms with Crippen molar-refractivity contribution in [1.82, 2.24) is 10.3 Å². The van der Waals surface area contributed by atoms with Gasteiger partial charge in [-0.15, -0.1) is 0 Å². The number of carboxylic acids is 1. The van der Waals surface area contributed by atoms with E-state index in [2.05, 4.69) is 10.3 Å². The Hall–Kier alpha value is -1.96. The largest absolute Gasteiger partial charge is 0.480 e. The number of carbonyl (C=O) groups is 2. The van der Waals surface area contributed by atoms with Crippen molar-refractivity contribution in [2.45, 2.75) is 19.4 Å². The second kappa shape index (κ2) is 6.99. The summed E-state index contributed by atoms with van der Waals surface area (Å²) in [5, 5.41) is 11.0. The standard InChI is InChI=1S/C12H16N2O5S/c1-9(15)14-11(12(16)17)8-20(18,19)6-4-10-3-2-5-13-7-10/h2-3,5,7,11H,4,6,8H2,1H3,(H,14,15)(H,16,17). The Morgan fingerprint density at radius 1 is 1.45 bits per heavy atom. The van der Waals surface area contributed by atoms with Gasteiger partial charge in [-0.1, -0.05) is 6.07 Å². The van der Waals surface area contributed by atoms with Crippen LogP contribution in [-0.2, 0) is 25.8 Å². The molecule has 20 heavy (non-hydrogen) atoms. The highest BCUT2D eigenvalue weighted by molar-refractivity contribution is 7.91. The summed E-state index contributed by atoms with van der Waals surface area (Å²) in [5.41, 5.74) is 0.752. The maximum atomic E-state index is 11.9. The van der Waals surface area contributed by atoms with Crippen LogP contribution in [0.25, 0.3) is 0 Å². The van der Waals surface area contributed by atoms with Crippen LogP contribution in [0.1, 0.15) is 12.5 Å². The normalized spacial score (nSPS) is 12.7. The van der Waals surface area contributed by atoms with Crippen LogP contribution in [0.2, 0.25) is 0 Å². The minimum Gasteiger partial charge on any atom is -0.480 e. The molecule has 0 saturated carbocycles. The van der Waals surface area contributed by atoms with Crippen molar-refractivity contribution in [3.8, 4) is 0 Å². The molecule has 1 unspecified atom stereocenters. The summed E-state index contributed by atoms with van der Waals surface area (Å²) in [7, 11) is -3.59. The Morgan fingerprint density at radius 3 is 2.65 bits per heavy atom. The molecule has 0 aromatic carbocycles. The fourth-order valence-electron chi connectivity index (χ4n) is 1.58. The van der Waals surface area contributed by atoms with Gasteiger partial charge in [-0.3, -0.25) is 9.78 Å². The Kier molecular flexibility index (Phi) is 5.63. The molecule has 1 aromatic heterocycles. The van der Waals surface area contributed by atoms with Crippen molar-refractivity contribution in [2.75, 3.05) is 11.5 Å². The average molecular weight is 300 g/mol. The van der Waals surface area contributed by atoms with Crippen LogP contribution < -0.4 is 5.32 Å². The maximum Gasteiger partial charge on any atom is 0.327 e. The second-order valence-corrected chi connectivity index (χ2v) is 6.55. The number of aliphatic carboxylic acids is 1. The molecule has 1 rings (SSSR count).